The lowest BCUT2D eigenvalue weighted by Crippen LogP contribution is -2.63. The third-order valence-corrected chi connectivity index (χ3v) is 3.22. The number of nitrogens with one attached hydrogen (secondary N) is 1. The third-order valence-electron chi connectivity index (χ3n) is 3.22. The molecule has 8 heteroatoms. The number of aromatic nitrogens is 4. The largest absolute Gasteiger partial charge is 0.342 e. The standard InChI is InChI=1S/C11H18N6O2/c1-6(2)9-11(19)17(7(3)10(18)12-9)5-8-13-15-16(4)14-8/h6-7,9H,5H2,1-4H3,(H,12,18). The van der Waals surface area contributed by atoms with Crippen LogP contribution in [-0.4, -0.2) is 49.0 Å². The summed E-state index contributed by atoms with van der Waals surface area (Å²) in [5.41, 5.74) is 0. The highest BCUT2D eigenvalue weighted by Crippen LogP contribution is 2.16. The number of piperazine rings is 1. The van der Waals surface area contributed by atoms with Crippen LogP contribution in [0.4, 0.5) is 0 Å². The summed E-state index contributed by atoms with van der Waals surface area (Å²) in [5, 5.41) is 14.4. The Labute approximate surface area is 111 Å². The fourth-order valence-electron chi connectivity index (χ4n) is 2.05. The topological polar surface area (TPSA) is 93.0 Å². The number of hydrogen-bond acceptors (Lipinski definition) is 5. The molecule has 104 valence electrons. The molecule has 1 aromatic rings. The van der Waals surface area contributed by atoms with Crippen LogP contribution < -0.4 is 5.32 Å². The van der Waals surface area contributed by atoms with Gasteiger partial charge in [0.1, 0.15) is 12.1 Å². The Kier molecular flexibility index (Phi) is 3.50. The van der Waals surface area contributed by atoms with Crippen molar-refractivity contribution in [3.8, 4) is 0 Å². The molecular weight excluding hydrogens is 248 g/mol. The number of aryl methyl sites for hydroxylation is 1. The number of tetrazole rings is 1. The Balaban J connectivity index is 2.20. The van der Waals surface area contributed by atoms with Crippen molar-refractivity contribution >= 4 is 11.8 Å². The summed E-state index contributed by atoms with van der Waals surface area (Å²) >= 11 is 0. The SMILES string of the molecule is CC(C)C1NC(=O)C(C)N(Cc2nnn(C)n2)C1=O. The molecule has 2 amide bonds. The van der Waals surface area contributed by atoms with Gasteiger partial charge in [-0.2, -0.15) is 4.80 Å². The van der Waals surface area contributed by atoms with E-state index < -0.39 is 12.1 Å². The van der Waals surface area contributed by atoms with Crippen LogP contribution in [0.1, 0.15) is 26.6 Å². The monoisotopic (exact) mass is 266 g/mol. The Morgan fingerprint density at radius 3 is 2.58 bits per heavy atom. The van der Waals surface area contributed by atoms with Gasteiger partial charge in [0.2, 0.25) is 11.8 Å². The Bertz CT molecular complexity index is 497. The van der Waals surface area contributed by atoms with E-state index in [-0.39, 0.29) is 24.3 Å². The highest BCUT2D eigenvalue weighted by Gasteiger charge is 2.39. The summed E-state index contributed by atoms with van der Waals surface area (Å²) in [5.74, 6) is 0.220. The molecule has 0 spiro atoms. The quantitative estimate of drug-likeness (QED) is 0.764. The minimum absolute atomic E-state index is 0.0428. The molecule has 8 nitrogen and oxygen atoms in total. The Hall–Kier alpha value is -1.99. The normalized spacial score (nSPS) is 23.9. The third kappa shape index (κ3) is 2.56. The molecule has 0 aliphatic carbocycles. The molecule has 2 unspecified atom stereocenters. The van der Waals surface area contributed by atoms with Gasteiger partial charge in [0.15, 0.2) is 5.82 Å². The first-order valence-electron chi connectivity index (χ1n) is 6.24. The van der Waals surface area contributed by atoms with E-state index in [1.807, 2.05) is 13.8 Å². The van der Waals surface area contributed by atoms with Gasteiger partial charge >= 0.3 is 0 Å². The van der Waals surface area contributed by atoms with Crippen molar-refractivity contribution in [1.82, 2.24) is 30.4 Å². The van der Waals surface area contributed by atoms with Gasteiger partial charge in [-0.05, 0) is 18.1 Å². The summed E-state index contributed by atoms with van der Waals surface area (Å²) in [6.45, 7) is 5.69. The van der Waals surface area contributed by atoms with Crippen molar-refractivity contribution in [1.29, 1.82) is 0 Å². The molecule has 0 aromatic carbocycles. The van der Waals surface area contributed by atoms with Crippen LogP contribution in [0.5, 0.6) is 0 Å². The van der Waals surface area contributed by atoms with Gasteiger partial charge in [0.25, 0.3) is 0 Å². The maximum Gasteiger partial charge on any atom is 0.246 e. The van der Waals surface area contributed by atoms with E-state index >= 15 is 0 Å². The minimum atomic E-state index is -0.522. The van der Waals surface area contributed by atoms with Gasteiger partial charge in [-0.25, -0.2) is 0 Å². The van der Waals surface area contributed by atoms with Crippen LogP contribution in [0.15, 0.2) is 0 Å². The fraction of sp³-hybridized carbons (Fsp3) is 0.727. The molecular formula is C11H18N6O2. The summed E-state index contributed by atoms with van der Waals surface area (Å²) in [6, 6.07) is -1.01. The summed E-state index contributed by atoms with van der Waals surface area (Å²) in [4.78, 5) is 27.1. The van der Waals surface area contributed by atoms with Crippen LogP contribution in [0.3, 0.4) is 0 Å². The number of carbonyl (C=O) groups excluding carboxylic acids is 2. The van der Waals surface area contributed by atoms with Crippen LogP contribution in [0.25, 0.3) is 0 Å². The second-order valence-electron chi connectivity index (χ2n) is 5.07. The van der Waals surface area contributed by atoms with Gasteiger partial charge in [0.05, 0.1) is 13.6 Å². The van der Waals surface area contributed by atoms with E-state index in [1.165, 1.54) is 9.70 Å². The average molecular weight is 266 g/mol. The molecule has 1 aliphatic heterocycles. The Morgan fingerprint density at radius 1 is 1.37 bits per heavy atom. The summed E-state index contributed by atoms with van der Waals surface area (Å²) in [6.07, 6.45) is 0. The van der Waals surface area contributed by atoms with Crippen LogP contribution >= 0.6 is 0 Å². The zero-order chi connectivity index (χ0) is 14.2. The van der Waals surface area contributed by atoms with Crippen molar-refractivity contribution in [2.75, 3.05) is 0 Å². The van der Waals surface area contributed by atoms with E-state index in [9.17, 15) is 9.59 Å². The second-order valence-corrected chi connectivity index (χ2v) is 5.07. The van der Waals surface area contributed by atoms with Gasteiger partial charge < -0.3 is 10.2 Å². The molecule has 2 rings (SSSR count). The maximum atomic E-state index is 12.4. The molecule has 2 atom stereocenters. The minimum Gasteiger partial charge on any atom is -0.342 e. The van der Waals surface area contributed by atoms with Gasteiger partial charge in [-0.1, -0.05) is 13.8 Å². The molecule has 1 N–H and O–H groups in total. The molecule has 0 bridgehead atoms. The molecule has 0 saturated carbocycles. The fourth-order valence-corrected chi connectivity index (χ4v) is 2.05. The van der Waals surface area contributed by atoms with E-state index in [0.29, 0.717) is 5.82 Å². The van der Waals surface area contributed by atoms with E-state index in [1.54, 1.807) is 14.0 Å². The lowest BCUT2D eigenvalue weighted by Gasteiger charge is -2.38. The zero-order valence-electron chi connectivity index (χ0n) is 11.5. The molecule has 1 fully saturated rings. The van der Waals surface area contributed by atoms with Crippen molar-refractivity contribution in [2.24, 2.45) is 13.0 Å². The number of rotatable bonds is 3. The van der Waals surface area contributed by atoms with Crippen molar-refractivity contribution in [2.45, 2.75) is 39.4 Å². The first kappa shape index (κ1) is 13.4. The molecule has 2 heterocycles. The average Bonchev–Trinajstić information content (AvgIpc) is 2.74. The molecule has 1 aliphatic rings. The molecule has 1 saturated heterocycles. The van der Waals surface area contributed by atoms with Gasteiger partial charge in [-0.15, -0.1) is 10.2 Å². The van der Waals surface area contributed by atoms with E-state index in [2.05, 4.69) is 20.7 Å². The van der Waals surface area contributed by atoms with Crippen molar-refractivity contribution in [3.05, 3.63) is 5.82 Å². The number of hydrogen-bond donors (Lipinski definition) is 1. The molecule has 19 heavy (non-hydrogen) atoms. The predicted molar refractivity (Wildman–Crippen MR) is 65.6 cm³/mol. The van der Waals surface area contributed by atoms with E-state index in [4.69, 9.17) is 0 Å². The lowest BCUT2D eigenvalue weighted by atomic mass is 9.98. The lowest BCUT2D eigenvalue weighted by molar-refractivity contribution is -0.150. The van der Waals surface area contributed by atoms with Crippen LogP contribution in [0.2, 0.25) is 0 Å². The number of amides is 2. The first-order valence-corrected chi connectivity index (χ1v) is 6.24. The van der Waals surface area contributed by atoms with Gasteiger partial charge in [0, 0.05) is 0 Å². The van der Waals surface area contributed by atoms with Crippen molar-refractivity contribution < 1.29 is 9.59 Å². The van der Waals surface area contributed by atoms with Crippen LogP contribution in [-0.2, 0) is 23.2 Å². The highest BCUT2D eigenvalue weighted by atomic mass is 16.2. The van der Waals surface area contributed by atoms with Gasteiger partial charge in [-0.3, -0.25) is 9.59 Å². The first-order chi connectivity index (χ1) is 8.90. The molecule has 0 radical (unpaired) electrons. The van der Waals surface area contributed by atoms with Crippen molar-refractivity contribution in [3.63, 3.8) is 0 Å². The maximum absolute atomic E-state index is 12.4. The predicted octanol–water partition coefficient (Wildman–Crippen LogP) is -0.918. The zero-order valence-corrected chi connectivity index (χ0v) is 11.5. The number of nitrogens with zero attached hydrogens (tertiary/aromatic N) is 5. The van der Waals surface area contributed by atoms with E-state index in [0.717, 1.165) is 0 Å². The second kappa shape index (κ2) is 4.94. The highest BCUT2D eigenvalue weighted by molar-refractivity contribution is 5.96. The molecule has 1 aromatic heterocycles. The summed E-state index contributed by atoms with van der Waals surface area (Å²) < 4.78 is 0. The smallest absolute Gasteiger partial charge is 0.246 e. The summed E-state index contributed by atoms with van der Waals surface area (Å²) in [7, 11) is 1.65. The van der Waals surface area contributed by atoms with Crippen LogP contribution in [0, 0.1) is 5.92 Å². The Morgan fingerprint density at radius 2 is 2.05 bits per heavy atom. The number of carbonyl (C=O) groups is 2.